The van der Waals surface area contributed by atoms with Gasteiger partial charge in [0.15, 0.2) is 0 Å². The van der Waals surface area contributed by atoms with E-state index in [-0.39, 0.29) is 23.0 Å². The summed E-state index contributed by atoms with van der Waals surface area (Å²) in [5, 5.41) is 10.6. The van der Waals surface area contributed by atoms with Gasteiger partial charge in [-0.25, -0.2) is 0 Å². The molecule has 178 valence electrons. The summed E-state index contributed by atoms with van der Waals surface area (Å²) >= 11 is 0.0631. The average Bonchev–Trinajstić information content (AvgIpc) is 3.26. The number of aromatic nitrogens is 2. The van der Waals surface area contributed by atoms with Crippen molar-refractivity contribution in [3.05, 3.63) is 90.3 Å². The Morgan fingerprint density at radius 2 is 1.91 bits per heavy atom. The molecule has 3 unspecified atom stereocenters. The number of anilines is 1. The Labute approximate surface area is 219 Å². The van der Waals surface area contributed by atoms with E-state index in [2.05, 4.69) is 10.3 Å². The van der Waals surface area contributed by atoms with Crippen LogP contribution in [0.15, 0.2) is 79.1 Å². The van der Waals surface area contributed by atoms with Crippen molar-refractivity contribution in [2.24, 2.45) is 0 Å². The number of hydrogen-bond acceptors (Lipinski definition) is 5. The van der Waals surface area contributed by atoms with Crippen molar-refractivity contribution in [2.75, 3.05) is 11.9 Å². The van der Waals surface area contributed by atoms with E-state index in [1.165, 1.54) is 16.9 Å². The van der Waals surface area contributed by atoms with Gasteiger partial charge in [0.1, 0.15) is 0 Å². The van der Waals surface area contributed by atoms with Gasteiger partial charge < -0.3 is 0 Å². The fourth-order valence-corrected chi connectivity index (χ4v) is 6.20. The van der Waals surface area contributed by atoms with Crippen molar-refractivity contribution in [3.8, 4) is 0 Å². The Balaban J connectivity index is 1.64. The molecule has 9 heteroatoms. The summed E-state index contributed by atoms with van der Waals surface area (Å²) in [6.45, 7) is 2.13. The van der Waals surface area contributed by atoms with Crippen molar-refractivity contribution in [1.29, 1.82) is 5.41 Å². The van der Waals surface area contributed by atoms with Gasteiger partial charge >= 0.3 is 220 Å². The second-order valence-corrected chi connectivity index (χ2v) is 11.8. The number of imidazole rings is 1. The van der Waals surface area contributed by atoms with Crippen LogP contribution < -0.4 is 9.67 Å². The first-order valence-corrected chi connectivity index (χ1v) is 14.4. The number of hydrogen-bond donors (Lipinski definition) is 2. The Hall–Kier alpha value is -3.14. The summed E-state index contributed by atoms with van der Waals surface area (Å²) in [5.41, 5.74) is 4.07. The fraction of sp³-hybridized carbons (Fsp3) is 0.154. The molecule has 0 saturated carbocycles. The monoisotopic (exact) mass is 592 g/mol. The van der Waals surface area contributed by atoms with E-state index >= 15 is 0 Å². The van der Waals surface area contributed by atoms with Gasteiger partial charge in [0, 0.05) is 0 Å². The molecular formula is C26H26As2N4O3. The predicted octanol–water partition coefficient (Wildman–Crippen LogP) is 2.46. The van der Waals surface area contributed by atoms with E-state index in [0.29, 0.717) is 16.8 Å². The number of nitrogens with one attached hydrogen (secondary N) is 2. The number of carbonyl (C=O) groups is 2. The van der Waals surface area contributed by atoms with Crippen LogP contribution in [0.4, 0.5) is 5.69 Å². The van der Waals surface area contributed by atoms with Gasteiger partial charge in [-0.05, 0) is 0 Å². The number of fused-ring (bicyclic) bond motifs is 1. The van der Waals surface area contributed by atoms with Crippen LogP contribution in [-0.4, -0.2) is 63.9 Å². The third-order valence-corrected chi connectivity index (χ3v) is 8.06. The SMILES string of the molecule is CCOC(=O)CC(c1ccccc1)n1cnc2ccc([AsH]C(=O)c3cccc(NC(=N)[AsH2])c3)cc21. The van der Waals surface area contributed by atoms with Gasteiger partial charge in [0.05, 0.1) is 0 Å². The molecule has 0 aliphatic rings. The topological polar surface area (TPSA) is 97.1 Å². The molecule has 0 bridgehead atoms. The summed E-state index contributed by atoms with van der Waals surface area (Å²) in [5.74, 6) is -0.266. The van der Waals surface area contributed by atoms with Gasteiger partial charge in [-0.15, -0.1) is 0 Å². The quantitative estimate of drug-likeness (QED) is 0.135. The molecule has 0 radical (unpaired) electrons. The van der Waals surface area contributed by atoms with Gasteiger partial charge in [0.25, 0.3) is 0 Å². The molecule has 7 nitrogen and oxygen atoms in total. The number of esters is 1. The van der Waals surface area contributed by atoms with Crippen LogP contribution in [0, 0.1) is 5.41 Å². The zero-order valence-corrected chi connectivity index (χ0v) is 23.7. The zero-order valence-electron chi connectivity index (χ0n) is 19.2. The van der Waals surface area contributed by atoms with Crippen LogP contribution in [-0.2, 0) is 9.53 Å². The molecule has 0 saturated heterocycles. The van der Waals surface area contributed by atoms with Crippen LogP contribution in [0.1, 0.15) is 35.3 Å². The third-order valence-electron chi connectivity index (χ3n) is 5.42. The number of rotatable bonds is 9. The van der Waals surface area contributed by atoms with Crippen molar-refractivity contribution < 1.29 is 14.3 Å². The van der Waals surface area contributed by atoms with Crippen molar-refractivity contribution in [1.82, 2.24) is 9.55 Å². The second kappa shape index (κ2) is 11.5. The van der Waals surface area contributed by atoms with E-state index < -0.39 is 15.8 Å². The maximum atomic E-state index is 13.1. The van der Waals surface area contributed by atoms with E-state index in [1.807, 2.05) is 71.3 Å². The third kappa shape index (κ3) is 6.30. The Kier molecular flexibility index (Phi) is 8.22. The molecule has 2 N–H and O–H groups in total. The molecule has 1 heterocycles. The van der Waals surface area contributed by atoms with Crippen molar-refractivity contribution in [3.63, 3.8) is 0 Å². The molecular weight excluding hydrogens is 566 g/mol. The first kappa shape index (κ1) is 25.0. The summed E-state index contributed by atoms with van der Waals surface area (Å²) in [6, 6.07) is 22.8. The zero-order chi connectivity index (χ0) is 24.8. The van der Waals surface area contributed by atoms with Crippen molar-refractivity contribution >= 4 is 68.8 Å². The minimum atomic E-state index is -1.13. The Bertz CT molecular complexity index is 1370. The van der Waals surface area contributed by atoms with E-state index in [0.717, 1.165) is 26.6 Å². The van der Waals surface area contributed by atoms with Gasteiger partial charge in [-0.3, -0.25) is 0 Å². The van der Waals surface area contributed by atoms with Crippen LogP contribution in [0.5, 0.6) is 0 Å². The van der Waals surface area contributed by atoms with Gasteiger partial charge in [-0.2, -0.15) is 0 Å². The molecule has 4 aromatic rings. The molecule has 0 spiro atoms. The Morgan fingerprint density at radius 1 is 1.11 bits per heavy atom. The number of amidine groups is 1. The average molecular weight is 592 g/mol. The summed E-state index contributed by atoms with van der Waals surface area (Å²) < 4.78 is 8.71. The molecule has 35 heavy (non-hydrogen) atoms. The molecule has 0 aliphatic heterocycles. The first-order valence-electron chi connectivity index (χ1n) is 11.1. The normalized spacial score (nSPS) is 12.1. The molecule has 1 aromatic heterocycles. The summed E-state index contributed by atoms with van der Waals surface area (Å²) in [7, 11) is 0. The second-order valence-electron chi connectivity index (χ2n) is 7.86. The van der Waals surface area contributed by atoms with Gasteiger partial charge in [0.2, 0.25) is 0 Å². The van der Waals surface area contributed by atoms with Crippen LogP contribution >= 0.6 is 0 Å². The Morgan fingerprint density at radius 3 is 2.66 bits per heavy atom. The molecule has 3 atom stereocenters. The summed E-state index contributed by atoms with van der Waals surface area (Å²) in [4.78, 5) is 30.0. The number of carbonyl (C=O) groups excluding carboxylic acids is 2. The number of nitrogens with zero attached hydrogens (tertiary/aromatic N) is 2. The van der Waals surface area contributed by atoms with Crippen molar-refractivity contribution in [2.45, 2.75) is 19.4 Å². The predicted molar refractivity (Wildman–Crippen MR) is 143 cm³/mol. The molecule has 3 aromatic carbocycles. The van der Waals surface area contributed by atoms with Gasteiger partial charge in [-0.1, -0.05) is 0 Å². The standard InChI is InChI=1S/C26H26As2N4O3/c1-2-35-24(33)15-22(17-7-4-3-5-8-17)32-16-30-21-12-11-19(14-23(21)32)28-25(34)18-9-6-10-20(13-18)31-26(27)29/h3-14,16,22,28H,2,15,27H2,1H3,(H2,29,31). The summed E-state index contributed by atoms with van der Waals surface area (Å²) in [6.07, 6.45) is 1.94. The first-order chi connectivity index (χ1) is 16.9. The molecule has 0 fully saturated rings. The molecule has 0 aliphatic carbocycles. The van der Waals surface area contributed by atoms with E-state index in [4.69, 9.17) is 10.1 Å². The van der Waals surface area contributed by atoms with Crippen LogP contribution in [0.25, 0.3) is 11.0 Å². The van der Waals surface area contributed by atoms with Crippen LogP contribution in [0.2, 0.25) is 0 Å². The number of ether oxygens (including phenoxy) is 1. The van der Waals surface area contributed by atoms with E-state index in [9.17, 15) is 9.59 Å². The maximum absolute atomic E-state index is 13.1. The fourth-order valence-electron chi connectivity index (χ4n) is 3.88. The molecule has 0 amide bonds. The van der Waals surface area contributed by atoms with E-state index in [1.54, 1.807) is 19.3 Å². The minimum absolute atomic E-state index is 0.110. The molecule has 4 rings (SSSR count). The number of benzene rings is 3. The van der Waals surface area contributed by atoms with Crippen LogP contribution in [0.3, 0.4) is 0 Å².